The van der Waals surface area contributed by atoms with Crippen LogP contribution in [-0.2, 0) is 4.74 Å². The molecule has 1 aliphatic rings. The van der Waals surface area contributed by atoms with Gasteiger partial charge in [0.05, 0.1) is 12.2 Å². The lowest BCUT2D eigenvalue weighted by atomic mass is 9.76. The second kappa shape index (κ2) is 3.21. The third-order valence-electron chi connectivity index (χ3n) is 3.06. The van der Waals surface area contributed by atoms with Crippen LogP contribution in [0, 0.1) is 5.41 Å². The third-order valence-corrected chi connectivity index (χ3v) is 3.06. The fourth-order valence-corrected chi connectivity index (χ4v) is 1.90. The lowest BCUT2D eigenvalue weighted by molar-refractivity contribution is -0.0499. The van der Waals surface area contributed by atoms with Crippen molar-refractivity contribution >= 4 is 0 Å². The van der Waals surface area contributed by atoms with Crippen molar-refractivity contribution in [1.29, 1.82) is 0 Å². The highest BCUT2D eigenvalue weighted by Gasteiger charge is 2.34. The number of ether oxygens (including phenoxy) is 1. The molecule has 70 valence electrons. The van der Waals surface area contributed by atoms with E-state index in [0.29, 0.717) is 12.2 Å². The molecule has 12 heavy (non-hydrogen) atoms. The van der Waals surface area contributed by atoms with Gasteiger partial charge in [0, 0.05) is 5.41 Å². The van der Waals surface area contributed by atoms with Crippen molar-refractivity contribution < 1.29 is 4.74 Å². The zero-order chi connectivity index (χ0) is 9.35. The molecule has 0 aromatic rings. The Labute approximate surface area is 75.8 Å². The van der Waals surface area contributed by atoms with Crippen molar-refractivity contribution in [1.82, 2.24) is 0 Å². The third kappa shape index (κ3) is 1.56. The van der Waals surface area contributed by atoms with Crippen LogP contribution in [0.3, 0.4) is 0 Å². The van der Waals surface area contributed by atoms with Gasteiger partial charge in [-0.25, -0.2) is 0 Å². The molecule has 2 unspecified atom stereocenters. The van der Waals surface area contributed by atoms with Gasteiger partial charge < -0.3 is 4.74 Å². The summed E-state index contributed by atoms with van der Waals surface area (Å²) in [6.45, 7) is 11.0. The number of hydrogen-bond donors (Lipinski definition) is 0. The Kier molecular flexibility index (Phi) is 2.62. The molecule has 1 heteroatoms. The van der Waals surface area contributed by atoms with Gasteiger partial charge in [-0.05, 0) is 20.3 Å². The summed E-state index contributed by atoms with van der Waals surface area (Å²) in [5.74, 6) is 0. The van der Waals surface area contributed by atoms with Gasteiger partial charge in [-0.1, -0.05) is 32.4 Å². The molecular formula is C11H20O. The topological polar surface area (TPSA) is 9.23 Å². The van der Waals surface area contributed by atoms with E-state index in [1.54, 1.807) is 0 Å². The minimum Gasteiger partial charge on any atom is -0.370 e. The molecule has 0 amide bonds. The molecule has 0 aromatic heterocycles. The van der Waals surface area contributed by atoms with Crippen LogP contribution < -0.4 is 0 Å². The van der Waals surface area contributed by atoms with Crippen molar-refractivity contribution in [3.8, 4) is 0 Å². The maximum Gasteiger partial charge on any atom is 0.0734 e. The molecule has 0 spiro atoms. The highest BCUT2D eigenvalue weighted by atomic mass is 16.5. The fraction of sp³-hybridized carbons (Fsp3) is 0.818. The van der Waals surface area contributed by atoms with Gasteiger partial charge in [0.2, 0.25) is 0 Å². The Balaban J connectivity index is 2.89. The summed E-state index contributed by atoms with van der Waals surface area (Å²) in [4.78, 5) is 0. The molecule has 1 heterocycles. The molecule has 0 N–H and O–H groups in total. The van der Waals surface area contributed by atoms with Crippen LogP contribution in [0.2, 0.25) is 0 Å². The highest BCUT2D eigenvalue weighted by Crippen LogP contribution is 2.38. The van der Waals surface area contributed by atoms with Crippen LogP contribution in [0.1, 0.15) is 41.0 Å². The normalized spacial score (nSPS) is 34.6. The lowest BCUT2D eigenvalue weighted by Gasteiger charge is -2.40. The first-order chi connectivity index (χ1) is 5.48. The van der Waals surface area contributed by atoms with E-state index >= 15 is 0 Å². The highest BCUT2D eigenvalue weighted by molar-refractivity contribution is 5.16. The molecule has 0 saturated heterocycles. The summed E-state index contributed by atoms with van der Waals surface area (Å²) in [6.07, 6.45) is 4.01. The maximum absolute atomic E-state index is 5.84. The summed E-state index contributed by atoms with van der Waals surface area (Å²) in [5, 5.41) is 0. The maximum atomic E-state index is 5.84. The summed E-state index contributed by atoms with van der Waals surface area (Å²) < 4.78 is 5.84. The van der Waals surface area contributed by atoms with Gasteiger partial charge in [0.1, 0.15) is 0 Å². The standard InChI is InChI=1S/C11H20O/c1-6-10-11(4,5)8(2)7-9(3)12-10/h7,9-10H,6H2,1-5H3. The Morgan fingerprint density at radius 2 is 2.08 bits per heavy atom. The predicted octanol–water partition coefficient (Wildman–Crippen LogP) is 3.16. The van der Waals surface area contributed by atoms with Gasteiger partial charge in [-0.2, -0.15) is 0 Å². The van der Waals surface area contributed by atoms with Gasteiger partial charge in [-0.15, -0.1) is 0 Å². The summed E-state index contributed by atoms with van der Waals surface area (Å²) in [7, 11) is 0. The summed E-state index contributed by atoms with van der Waals surface area (Å²) >= 11 is 0. The first kappa shape index (κ1) is 9.79. The first-order valence-electron chi connectivity index (χ1n) is 4.82. The van der Waals surface area contributed by atoms with Crippen molar-refractivity contribution in [2.24, 2.45) is 5.41 Å². The van der Waals surface area contributed by atoms with Crippen LogP contribution in [-0.4, -0.2) is 12.2 Å². The fourth-order valence-electron chi connectivity index (χ4n) is 1.90. The zero-order valence-electron chi connectivity index (χ0n) is 8.85. The van der Waals surface area contributed by atoms with Crippen molar-refractivity contribution in [2.45, 2.75) is 53.2 Å². The molecule has 2 atom stereocenters. The predicted molar refractivity (Wildman–Crippen MR) is 52.2 cm³/mol. The van der Waals surface area contributed by atoms with E-state index in [9.17, 15) is 0 Å². The SMILES string of the molecule is CCC1OC(C)C=C(C)C1(C)C. The lowest BCUT2D eigenvalue weighted by Crippen LogP contribution is -2.38. The molecule has 0 radical (unpaired) electrons. The molecule has 0 aromatic carbocycles. The Morgan fingerprint density at radius 1 is 1.50 bits per heavy atom. The van der Waals surface area contributed by atoms with Gasteiger partial charge in [0.25, 0.3) is 0 Å². The number of rotatable bonds is 1. The number of hydrogen-bond acceptors (Lipinski definition) is 1. The average Bonchev–Trinajstić information content (AvgIpc) is 1.97. The zero-order valence-corrected chi connectivity index (χ0v) is 8.85. The monoisotopic (exact) mass is 168 g/mol. The van der Waals surface area contributed by atoms with E-state index < -0.39 is 0 Å². The van der Waals surface area contributed by atoms with Crippen molar-refractivity contribution in [3.05, 3.63) is 11.6 Å². The van der Waals surface area contributed by atoms with Crippen LogP contribution in [0.15, 0.2) is 11.6 Å². The van der Waals surface area contributed by atoms with Gasteiger partial charge in [0.15, 0.2) is 0 Å². The molecule has 0 aliphatic carbocycles. The summed E-state index contributed by atoms with van der Waals surface area (Å²) in [6, 6.07) is 0. The van der Waals surface area contributed by atoms with Crippen LogP contribution in [0.25, 0.3) is 0 Å². The smallest absolute Gasteiger partial charge is 0.0734 e. The van der Waals surface area contributed by atoms with Gasteiger partial charge >= 0.3 is 0 Å². The second-order valence-electron chi connectivity index (χ2n) is 4.31. The Bertz CT molecular complexity index is 191. The van der Waals surface area contributed by atoms with E-state index in [1.165, 1.54) is 5.57 Å². The largest absolute Gasteiger partial charge is 0.370 e. The minimum absolute atomic E-state index is 0.223. The molecule has 1 nitrogen and oxygen atoms in total. The molecule has 0 bridgehead atoms. The molecule has 0 fully saturated rings. The van der Waals surface area contributed by atoms with Gasteiger partial charge in [-0.3, -0.25) is 0 Å². The van der Waals surface area contributed by atoms with Crippen molar-refractivity contribution in [2.75, 3.05) is 0 Å². The molecule has 0 saturated carbocycles. The Hall–Kier alpha value is -0.300. The average molecular weight is 168 g/mol. The first-order valence-corrected chi connectivity index (χ1v) is 4.82. The molecule has 1 rings (SSSR count). The van der Waals surface area contributed by atoms with Crippen LogP contribution >= 0.6 is 0 Å². The van der Waals surface area contributed by atoms with E-state index in [4.69, 9.17) is 4.74 Å². The van der Waals surface area contributed by atoms with Crippen molar-refractivity contribution in [3.63, 3.8) is 0 Å². The van der Waals surface area contributed by atoms with E-state index in [0.717, 1.165) is 6.42 Å². The quantitative estimate of drug-likeness (QED) is 0.546. The van der Waals surface area contributed by atoms with Crippen LogP contribution in [0.4, 0.5) is 0 Å². The summed E-state index contributed by atoms with van der Waals surface area (Å²) in [5.41, 5.74) is 1.69. The second-order valence-corrected chi connectivity index (χ2v) is 4.31. The molecule has 1 aliphatic heterocycles. The molecular weight excluding hydrogens is 148 g/mol. The van der Waals surface area contributed by atoms with Crippen LogP contribution in [0.5, 0.6) is 0 Å². The van der Waals surface area contributed by atoms with E-state index in [-0.39, 0.29) is 5.41 Å². The van der Waals surface area contributed by atoms with E-state index in [2.05, 4.69) is 40.7 Å². The Morgan fingerprint density at radius 3 is 2.58 bits per heavy atom. The minimum atomic E-state index is 0.223. The van der Waals surface area contributed by atoms with E-state index in [1.807, 2.05) is 0 Å².